The first kappa shape index (κ1) is 62.1. The monoisotopic (exact) mass is 1180 g/mol. The Labute approximate surface area is 513 Å². The fraction of sp³-hybridized carbons (Fsp3) is 0.261. The number of carbonyl (C=O) groups excluding carboxylic acids is 3. The molecule has 0 aliphatic rings. The maximum atomic E-state index is 15.1. The predicted octanol–water partition coefficient (Wildman–Crippen LogP) is 8.55. The van der Waals surface area contributed by atoms with Crippen molar-refractivity contribution in [1.29, 1.82) is 0 Å². The Morgan fingerprint density at radius 3 is 1.38 bits per heavy atom. The number of nitrogens with zero attached hydrogens (tertiary/aromatic N) is 7. The Kier molecular flexibility index (Phi) is 19.3. The van der Waals surface area contributed by atoms with Crippen LogP contribution in [0.15, 0.2) is 170 Å². The molecule has 0 aliphatic heterocycles. The number of amides is 3. The molecule has 0 bridgehead atoms. The summed E-state index contributed by atoms with van der Waals surface area (Å²) in [6.45, 7) is 8.74. The maximum absolute atomic E-state index is 15.1. The summed E-state index contributed by atoms with van der Waals surface area (Å²) < 4.78 is 13.6. The zero-order valence-corrected chi connectivity index (χ0v) is 50.9. The van der Waals surface area contributed by atoms with Gasteiger partial charge in [0.1, 0.15) is 23.7 Å². The van der Waals surface area contributed by atoms with Crippen LogP contribution in [0, 0.1) is 0 Å². The number of alkyl carbamates (subject to hydrolysis) is 1. The Balaban J connectivity index is 0.935. The number of aromatic nitrogens is 3. The third kappa shape index (κ3) is 14.4. The highest BCUT2D eigenvalue weighted by atomic mass is 16.6. The van der Waals surface area contributed by atoms with E-state index in [0.29, 0.717) is 67.9 Å². The number of carbonyl (C=O) groups is 3. The van der Waals surface area contributed by atoms with Gasteiger partial charge >= 0.3 is 20.3 Å². The highest BCUT2D eigenvalue weighted by molar-refractivity contribution is 6.59. The molecule has 0 saturated heterocycles. The second-order valence-electron chi connectivity index (χ2n) is 23.7. The fourth-order valence-electron chi connectivity index (χ4n) is 11.8. The highest BCUT2D eigenvalue weighted by Gasteiger charge is 2.26. The van der Waals surface area contributed by atoms with Gasteiger partial charge in [-0.3, -0.25) is 24.1 Å². The summed E-state index contributed by atoms with van der Waals surface area (Å²) in [4.78, 5) is 50.0. The van der Waals surface area contributed by atoms with E-state index in [-0.39, 0.29) is 42.8 Å². The van der Waals surface area contributed by atoms with Crippen LogP contribution in [0.4, 0.5) is 4.79 Å². The predicted molar refractivity (Wildman–Crippen MR) is 347 cm³/mol. The van der Waals surface area contributed by atoms with Gasteiger partial charge in [0, 0.05) is 72.0 Å². The molecular weight excluding hydrogens is 1110 g/mol. The van der Waals surface area contributed by atoms with Gasteiger partial charge in [-0.05, 0) is 147 Å². The van der Waals surface area contributed by atoms with E-state index < -0.39 is 25.9 Å². The number of nitrogens with one attached hydrogen (secondary N) is 1. The highest BCUT2D eigenvalue weighted by Crippen LogP contribution is 2.37. The summed E-state index contributed by atoms with van der Waals surface area (Å²) in [6, 6.07) is 52.4. The van der Waals surface area contributed by atoms with Crippen molar-refractivity contribution in [3.8, 4) is 5.75 Å². The number of hydrogen-bond acceptors (Lipinski definition) is 13. The summed E-state index contributed by atoms with van der Waals surface area (Å²) in [5.41, 5.74) is 7.14. The first-order chi connectivity index (χ1) is 42.3. The van der Waals surface area contributed by atoms with Gasteiger partial charge < -0.3 is 44.7 Å². The molecule has 0 fully saturated rings. The van der Waals surface area contributed by atoms with Crippen LogP contribution in [0.25, 0.3) is 43.1 Å². The Bertz CT molecular complexity index is 4060. The van der Waals surface area contributed by atoms with Crippen LogP contribution in [-0.4, -0.2) is 127 Å². The molecule has 1 aromatic heterocycles. The zero-order chi connectivity index (χ0) is 62.2. The minimum atomic E-state index is -1.59. The van der Waals surface area contributed by atoms with E-state index in [0.717, 1.165) is 76.5 Å². The minimum Gasteiger partial charge on any atom is -0.486 e. The third-order valence-electron chi connectivity index (χ3n) is 15.8. The van der Waals surface area contributed by atoms with Crippen LogP contribution in [0.2, 0.25) is 0 Å². The van der Waals surface area contributed by atoms with Crippen molar-refractivity contribution in [2.75, 3.05) is 34.7 Å². The Hall–Kier alpha value is -8.94. The number of rotatable bonds is 23. The minimum absolute atomic E-state index is 0.0690. The number of aryl methyl sites for hydroxylation is 1. The largest absolute Gasteiger partial charge is 0.488 e. The van der Waals surface area contributed by atoms with E-state index in [4.69, 9.17) is 9.47 Å². The molecule has 0 atom stereocenters. The number of ether oxygens (including phenoxy) is 2. The lowest BCUT2D eigenvalue weighted by atomic mass is 9.77. The average molecular weight is 1180 g/mol. The maximum Gasteiger partial charge on any atom is 0.488 e. The molecule has 3 amide bonds. The van der Waals surface area contributed by atoms with Crippen molar-refractivity contribution in [3.05, 3.63) is 220 Å². The summed E-state index contributed by atoms with van der Waals surface area (Å²) in [6.07, 6.45) is 1.81. The first-order valence-corrected chi connectivity index (χ1v) is 29.5. The van der Waals surface area contributed by atoms with Gasteiger partial charge in [-0.2, -0.15) is 0 Å². The molecular formula is C69H74B2N8O9. The molecule has 450 valence electrons. The average Bonchev–Trinajstić information content (AvgIpc) is 1.13. The van der Waals surface area contributed by atoms with Gasteiger partial charge in [-0.1, -0.05) is 151 Å². The van der Waals surface area contributed by atoms with Crippen LogP contribution in [0.5, 0.6) is 5.75 Å². The van der Waals surface area contributed by atoms with Crippen LogP contribution in [0.1, 0.15) is 87.0 Å². The molecule has 17 nitrogen and oxygen atoms in total. The van der Waals surface area contributed by atoms with E-state index in [1.165, 1.54) is 0 Å². The topological polar surface area (TPSA) is 206 Å². The van der Waals surface area contributed by atoms with E-state index in [9.17, 15) is 29.7 Å². The summed E-state index contributed by atoms with van der Waals surface area (Å²) in [5.74, 6) is -0.427. The van der Waals surface area contributed by atoms with Gasteiger partial charge in [-0.25, -0.2) is 4.79 Å². The molecule has 88 heavy (non-hydrogen) atoms. The van der Waals surface area contributed by atoms with Crippen molar-refractivity contribution < 1.29 is 44.0 Å². The zero-order valence-electron chi connectivity index (χ0n) is 50.9. The van der Waals surface area contributed by atoms with E-state index in [1.54, 1.807) is 77.2 Å². The van der Waals surface area contributed by atoms with Crippen molar-refractivity contribution in [3.63, 3.8) is 0 Å². The summed E-state index contributed by atoms with van der Waals surface area (Å²) >= 11 is 0. The van der Waals surface area contributed by atoms with Crippen molar-refractivity contribution in [2.45, 2.75) is 85.2 Å². The van der Waals surface area contributed by atoms with Gasteiger partial charge in [0.2, 0.25) is 0 Å². The summed E-state index contributed by atoms with van der Waals surface area (Å²) in [7, 11) is 4.39. The van der Waals surface area contributed by atoms with E-state index in [1.807, 2.05) is 108 Å². The van der Waals surface area contributed by atoms with Gasteiger partial charge in [0.25, 0.3) is 11.8 Å². The molecule has 0 saturated carbocycles. The second-order valence-corrected chi connectivity index (χ2v) is 23.7. The van der Waals surface area contributed by atoms with Crippen molar-refractivity contribution >= 4 is 86.2 Å². The smallest absolute Gasteiger partial charge is 0.486 e. The van der Waals surface area contributed by atoms with Crippen LogP contribution in [-0.2, 0) is 57.2 Å². The molecule has 0 unspecified atom stereocenters. The van der Waals surface area contributed by atoms with E-state index in [2.05, 4.69) is 74.0 Å². The quantitative estimate of drug-likeness (QED) is 0.0232. The number of fused-ring (bicyclic) bond motifs is 4. The lowest BCUT2D eigenvalue weighted by molar-refractivity contribution is 0.0525. The van der Waals surface area contributed by atoms with Gasteiger partial charge in [-0.15, -0.1) is 5.10 Å². The lowest BCUT2D eigenvalue weighted by Gasteiger charge is -2.25. The van der Waals surface area contributed by atoms with E-state index >= 15 is 4.79 Å². The van der Waals surface area contributed by atoms with Crippen molar-refractivity contribution in [1.82, 2.24) is 39.9 Å². The Morgan fingerprint density at radius 1 is 0.534 bits per heavy atom. The van der Waals surface area contributed by atoms with Crippen molar-refractivity contribution in [2.24, 2.45) is 0 Å². The normalized spacial score (nSPS) is 11.7. The fourth-order valence-corrected chi connectivity index (χ4v) is 11.8. The molecule has 19 heteroatoms. The molecule has 9 aromatic carbocycles. The standard InChI is InChI=1S/C69H74B2N8O9/c1-69(2,3)88-68(82)72-35-20-36-79-40-49(73-74-79)45-87-65-37-46(66(80)77(6)43-61-54-27-14-10-23-50(54)59(51-24-11-15-28-55(51)61)41-75(4)38-47-21-8-18-31-63(47)70(83)84)33-34-58(65)67(81)78(7)44-62-56-29-16-12-25-52(56)60(53-26-13-17-30-57(53)62)42-76(5)39-48-22-9-19-32-64(48)71(85)86/h8-19,21-34,37,40,83-86H,20,35-36,38-39,41-45H2,1-7H3,(H,72,82). The summed E-state index contributed by atoms with van der Waals surface area (Å²) in [5, 5.41) is 60.1. The van der Waals surface area contributed by atoms with Gasteiger partial charge in [0.05, 0.1) is 11.8 Å². The number of hydrogen-bond donors (Lipinski definition) is 5. The van der Waals surface area contributed by atoms with Crippen LogP contribution in [0.3, 0.4) is 0 Å². The molecule has 0 radical (unpaired) electrons. The van der Waals surface area contributed by atoms with Crippen LogP contribution >= 0.6 is 0 Å². The molecule has 10 rings (SSSR count). The molecule has 10 aromatic rings. The molecule has 0 aliphatic carbocycles. The second kappa shape index (κ2) is 27.4. The SMILES string of the molecule is CN(Cc1ccccc1B(O)O)Cc1c2ccccc2c(CN(C)C(=O)c2ccc(C(=O)N(C)Cc3c4ccccc4c(CN(C)Cc4ccccc4B(O)O)c4ccccc34)c(OCc3cn(CCCNC(=O)OC(C)(C)C)nn3)c2)c2ccccc12. The molecule has 0 spiro atoms. The van der Waals surface area contributed by atoms with Crippen LogP contribution < -0.4 is 21.0 Å². The lowest BCUT2D eigenvalue weighted by Crippen LogP contribution is -2.35. The Morgan fingerprint density at radius 2 is 0.943 bits per heavy atom. The van der Waals surface area contributed by atoms with Gasteiger partial charge in [0.15, 0.2) is 0 Å². The molecule has 1 heterocycles. The number of benzene rings is 9. The third-order valence-corrected chi connectivity index (χ3v) is 15.8. The molecule has 5 N–H and O–H groups in total. The first-order valence-electron chi connectivity index (χ1n) is 29.5.